The van der Waals surface area contributed by atoms with Crippen molar-refractivity contribution < 1.29 is 33.3 Å². The van der Waals surface area contributed by atoms with Gasteiger partial charge in [0.1, 0.15) is 23.5 Å². The van der Waals surface area contributed by atoms with Gasteiger partial charge in [-0.1, -0.05) is 44.2 Å². The molecule has 0 amide bonds. The van der Waals surface area contributed by atoms with E-state index in [9.17, 15) is 14.4 Å². The highest BCUT2D eigenvalue weighted by Crippen LogP contribution is 2.43. The first-order chi connectivity index (χ1) is 18.3. The van der Waals surface area contributed by atoms with Gasteiger partial charge < -0.3 is 23.8 Å². The number of ether oxygens (including phenoxy) is 4. The summed E-state index contributed by atoms with van der Waals surface area (Å²) in [6.45, 7) is 5.29. The molecule has 2 heterocycles. The van der Waals surface area contributed by atoms with Gasteiger partial charge in [-0.05, 0) is 41.2 Å². The molecule has 2 aliphatic heterocycles. The monoisotopic (exact) mass is 521 g/mol. The molecule has 0 bridgehead atoms. The van der Waals surface area contributed by atoms with E-state index in [2.05, 4.69) is 18.7 Å². The predicted molar refractivity (Wildman–Crippen MR) is 141 cm³/mol. The Hall–Kier alpha value is -3.65. The van der Waals surface area contributed by atoms with Crippen LogP contribution in [0.3, 0.4) is 0 Å². The third-order valence-electron chi connectivity index (χ3n) is 7.09. The van der Waals surface area contributed by atoms with Crippen LogP contribution in [-0.2, 0) is 36.8 Å². The minimum atomic E-state index is -0.624. The molecule has 8 heteroatoms. The van der Waals surface area contributed by atoms with Gasteiger partial charge in [-0.15, -0.1) is 0 Å². The number of ketones is 1. The number of carbonyl (C=O) groups excluding carboxylic acids is 3. The third kappa shape index (κ3) is 5.91. The fourth-order valence-electron chi connectivity index (χ4n) is 5.08. The third-order valence-corrected chi connectivity index (χ3v) is 7.09. The Labute approximate surface area is 223 Å². The van der Waals surface area contributed by atoms with Crippen molar-refractivity contribution in [1.82, 2.24) is 4.90 Å². The van der Waals surface area contributed by atoms with Gasteiger partial charge in [0, 0.05) is 38.8 Å². The van der Waals surface area contributed by atoms with Crippen molar-refractivity contribution in [3.63, 3.8) is 0 Å². The molecule has 2 atom stereocenters. The van der Waals surface area contributed by atoms with E-state index in [4.69, 9.17) is 18.9 Å². The number of hydrogen-bond donors (Lipinski definition) is 0. The van der Waals surface area contributed by atoms with Crippen molar-refractivity contribution in [2.24, 2.45) is 5.92 Å². The molecular formula is C30H35NO7. The van der Waals surface area contributed by atoms with Crippen LogP contribution >= 0.6 is 0 Å². The lowest BCUT2D eigenvalue weighted by Gasteiger charge is -2.46. The van der Waals surface area contributed by atoms with Crippen LogP contribution < -0.4 is 4.74 Å². The summed E-state index contributed by atoms with van der Waals surface area (Å²) in [6, 6.07) is 12.8. The van der Waals surface area contributed by atoms with E-state index >= 15 is 0 Å². The van der Waals surface area contributed by atoms with E-state index < -0.39 is 11.9 Å². The number of Topliss-reactive ketones (excluding diaryl/α,β-unsaturated/α-hetero) is 1. The molecule has 38 heavy (non-hydrogen) atoms. The van der Waals surface area contributed by atoms with Crippen molar-refractivity contribution in [2.75, 3.05) is 27.4 Å². The highest BCUT2D eigenvalue weighted by atomic mass is 16.5. The lowest BCUT2D eigenvalue weighted by molar-refractivity contribution is -0.142. The molecule has 0 spiro atoms. The van der Waals surface area contributed by atoms with Gasteiger partial charge in [-0.2, -0.15) is 0 Å². The molecule has 2 aromatic carbocycles. The number of hydrogen-bond acceptors (Lipinski definition) is 8. The Morgan fingerprint density at radius 3 is 2.47 bits per heavy atom. The largest absolute Gasteiger partial charge is 0.493 e. The Bertz CT molecular complexity index is 1200. The normalized spacial score (nSPS) is 18.4. The fourth-order valence-corrected chi connectivity index (χ4v) is 5.08. The number of nitrogens with zero attached hydrogens (tertiary/aromatic N) is 1. The van der Waals surface area contributed by atoms with Gasteiger partial charge in [-0.25, -0.2) is 9.59 Å². The van der Waals surface area contributed by atoms with Gasteiger partial charge in [0.05, 0.1) is 19.8 Å². The molecule has 0 fully saturated rings. The molecule has 0 radical (unpaired) electrons. The second-order valence-electron chi connectivity index (χ2n) is 9.94. The first-order valence-electron chi connectivity index (χ1n) is 12.9. The molecule has 0 aliphatic carbocycles. The Kier molecular flexibility index (Phi) is 8.84. The van der Waals surface area contributed by atoms with Gasteiger partial charge in [0.2, 0.25) is 0 Å². The standard InChI is InChI=1S/C30H35NO7/c1-19(2)25-13-21-14-28(37-12-8-11-35-3)23(29(33)36-4)15-22(21)26-16-27(32)24(17-31(25)26)30(34)38-18-20-9-6-5-7-10-20/h5-7,9-10,14-15,17,19,25-26H,8,11-13,16,18H2,1-4H3. The summed E-state index contributed by atoms with van der Waals surface area (Å²) < 4.78 is 21.6. The first-order valence-corrected chi connectivity index (χ1v) is 12.9. The summed E-state index contributed by atoms with van der Waals surface area (Å²) in [7, 11) is 2.96. The summed E-state index contributed by atoms with van der Waals surface area (Å²) in [5.74, 6) is -0.705. The quantitative estimate of drug-likeness (QED) is 0.258. The van der Waals surface area contributed by atoms with E-state index in [1.807, 2.05) is 36.4 Å². The molecule has 0 saturated carbocycles. The van der Waals surface area contributed by atoms with Crippen molar-refractivity contribution in [2.45, 2.75) is 51.8 Å². The number of methoxy groups -OCH3 is 2. The molecule has 202 valence electrons. The highest BCUT2D eigenvalue weighted by molar-refractivity contribution is 6.17. The van der Waals surface area contributed by atoms with Crippen LogP contribution in [0.5, 0.6) is 5.75 Å². The second-order valence-corrected chi connectivity index (χ2v) is 9.94. The molecule has 8 nitrogen and oxygen atoms in total. The van der Waals surface area contributed by atoms with Crippen LogP contribution in [0.1, 0.15) is 59.8 Å². The average Bonchev–Trinajstić information content (AvgIpc) is 2.92. The molecule has 0 aromatic heterocycles. The summed E-state index contributed by atoms with van der Waals surface area (Å²) in [6.07, 6.45) is 3.12. The molecule has 2 aliphatic rings. The Morgan fingerprint density at radius 1 is 1.03 bits per heavy atom. The number of rotatable bonds is 10. The maximum absolute atomic E-state index is 13.2. The molecule has 4 rings (SSSR count). The zero-order chi connectivity index (χ0) is 27.2. The summed E-state index contributed by atoms with van der Waals surface area (Å²) >= 11 is 0. The molecule has 2 aromatic rings. The average molecular weight is 522 g/mol. The molecular weight excluding hydrogens is 486 g/mol. The predicted octanol–water partition coefficient (Wildman–Crippen LogP) is 4.41. The highest BCUT2D eigenvalue weighted by Gasteiger charge is 2.41. The number of benzene rings is 2. The smallest absolute Gasteiger partial charge is 0.343 e. The van der Waals surface area contributed by atoms with Crippen molar-refractivity contribution in [3.05, 3.63) is 76.5 Å². The topological polar surface area (TPSA) is 91.4 Å². The zero-order valence-electron chi connectivity index (χ0n) is 22.4. The van der Waals surface area contributed by atoms with E-state index in [1.165, 1.54) is 7.11 Å². The molecule has 0 N–H and O–H groups in total. The Morgan fingerprint density at radius 2 is 1.79 bits per heavy atom. The number of carbonyl (C=O) groups is 3. The lowest BCUT2D eigenvalue weighted by Crippen LogP contribution is -2.47. The van der Waals surface area contributed by atoms with E-state index in [-0.39, 0.29) is 42.4 Å². The van der Waals surface area contributed by atoms with Crippen LogP contribution in [0.4, 0.5) is 0 Å². The maximum atomic E-state index is 13.2. The SMILES string of the molecule is COCCCOc1cc2c(cc1C(=O)OC)C1CC(=O)C(C(=O)OCc3ccccc3)=CN1C(C(C)C)C2. The van der Waals surface area contributed by atoms with Gasteiger partial charge in [0.25, 0.3) is 0 Å². The van der Waals surface area contributed by atoms with Crippen LogP contribution in [0, 0.1) is 5.92 Å². The van der Waals surface area contributed by atoms with E-state index in [1.54, 1.807) is 19.4 Å². The summed E-state index contributed by atoms with van der Waals surface area (Å²) in [4.78, 5) is 40.9. The second kappa shape index (κ2) is 12.3. The van der Waals surface area contributed by atoms with Crippen molar-refractivity contribution in [1.29, 1.82) is 0 Å². The van der Waals surface area contributed by atoms with Gasteiger partial charge in [-0.3, -0.25) is 4.79 Å². The number of esters is 2. The van der Waals surface area contributed by atoms with Gasteiger partial charge in [0.15, 0.2) is 5.78 Å². The number of fused-ring (bicyclic) bond motifs is 3. The first kappa shape index (κ1) is 27.4. The van der Waals surface area contributed by atoms with Crippen LogP contribution in [0.2, 0.25) is 0 Å². The van der Waals surface area contributed by atoms with Crippen molar-refractivity contribution in [3.8, 4) is 5.75 Å². The lowest BCUT2D eigenvalue weighted by atomic mass is 9.79. The van der Waals surface area contributed by atoms with Crippen LogP contribution in [0.15, 0.2) is 54.2 Å². The zero-order valence-corrected chi connectivity index (χ0v) is 22.4. The van der Waals surface area contributed by atoms with Crippen LogP contribution in [-0.4, -0.2) is 56.1 Å². The van der Waals surface area contributed by atoms with E-state index in [0.717, 1.165) is 16.7 Å². The molecule has 0 saturated heterocycles. The van der Waals surface area contributed by atoms with Crippen LogP contribution in [0.25, 0.3) is 0 Å². The summed E-state index contributed by atoms with van der Waals surface area (Å²) in [5, 5.41) is 0. The molecule has 2 unspecified atom stereocenters. The minimum absolute atomic E-state index is 0.0443. The van der Waals surface area contributed by atoms with Crippen molar-refractivity contribution >= 4 is 17.7 Å². The maximum Gasteiger partial charge on any atom is 0.343 e. The minimum Gasteiger partial charge on any atom is -0.493 e. The van der Waals surface area contributed by atoms with E-state index in [0.29, 0.717) is 37.4 Å². The fraction of sp³-hybridized carbons (Fsp3) is 0.433. The Balaban J connectivity index is 1.65. The summed E-state index contributed by atoms with van der Waals surface area (Å²) in [5.41, 5.74) is 3.11. The van der Waals surface area contributed by atoms with Gasteiger partial charge >= 0.3 is 11.9 Å².